The summed E-state index contributed by atoms with van der Waals surface area (Å²) < 4.78 is 0. The minimum Gasteiger partial charge on any atom is -0.478 e. The van der Waals surface area contributed by atoms with Gasteiger partial charge in [0, 0.05) is 5.57 Å². The van der Waals surface area contributed by atoms with Crippen LogP contribution in [0.1, 0.15) is 19.8 Å². The summed E-state index contributed by atoms with van der Waals surface area (Å²) in [6.45, 7) is 4.60. The van der Waals surface area contributed by atoms with Gasteiger partial charge < -0.3 is 10.6 Å². The van der Waals surface area contributed by atoms with Crippen LogP contribution in [0.25, 0.3) is 0 Å². The number of hydrogen-bond donors (Lipinski definition) is 1. The number of aliphatic carboxylic acids is 1. The molecule has 94 valence electrons. The average Bonchev–Trinajstić information content (AvgIpc) is 2.97. The predicted molar refractivity (Wildman–Crippen MR) is 71.9 cm³/mol. The monoisotopic (exact) mass is 236 g/mol. The maximum absolute atomic E-state index is 9.60. The second-order valence-corrected chi connectivity index (χ2v) is 3.27. The van der Waals surface area contributed by atoms with Gasteiger partial charge in [0.2, 0.25) is 0 Å². The molecule has 0 unspecified atom stereocenters. The lowest BCUT2D eigenvalue weighted by atomic mass is 10.4. The zero-order valence-electron chi connectivity index (χ0n) is 10.1. The normalized spacial score (nSPS) is 13.0. The summed E-state index contributed by atoms with van der Waals surface area (Å²) in [5, 5.41) is 7.89. The molecule has 0 aromatic carbocycles. The van der Waals surface area contributed by atoms with Crippen molar-refractivity contribution in [3.8, 4) is 0 Å². The molecule has 2 aliphatic rings. The quantitative estimate of drug-likeness (QED) is 0.711. The number of carboxylic acid groups (broad SMARTS) is 1. The largest absolute Gasteiger partial charge is 0.478 e. The van der Waals surface area contributed by atoms with E-state index < -0.39 is 5.97 Å². The van der Waals surface area contributed by atoms with Gasteiger partial charge in [-0.05, 0) is 19.8 Å². The van der Waals surface area contributed by atoms with Gasteiger partial charge in [0.1, 0.15) is 0 Å². The predicted octanol–water partition coefficient (Wildman–Crippen LogP) is 2.83. The Balaban J connectivity index is 0. The summed E-state index contributed by atoms with van der Waals surface area (Å²) in [7, 11) is 0. The lowest BCUT2D eigenvalue weighted by molar-refractivity contribution is -0.132. The molecule has 0 saturated carbocycles. The first-order chi connectivity index (χ1) is 7.64. The van der Waals surface area contributed by atoms with Crippen molar-refractivity contribution < 1.29 is 15.4 Å². The molecule has 0 aromatic rings. The van der Waals surface area contributed by atoms with Crippen molar-refractivity contribution in [1.29, 1.82) is 0 Å². The van der Waals surface area contributed by atoms with Gasteiger partial charge in [0.15, 0.2) is 0 Å². The van der Waals surface area contributed by atoms with Crippen LogP contribution < -0.4 is 0 Å². The van der Waals surface area contributed by atoms with Crippen molar-refractivity contribution in [3.63, 3.8) is 0 Å². The molecule has 0 atom stereocenters. The van der Waals surface area contributed by atoms with Crippen LogP contribution in [0, 0.1) is 0 Å². The molecule has 17 heavy (non-hydrogen) atoms. The fourth-order valence-corrected chi connectivity index (χ4v) is 0.786. The summed E-state index contributed by atoms with van der Waals surface area (Å²) in [6.07, 6.45) is 19.0. The Labute approximate surface area is 102 Å². The second kappa shape index (κ2) is 12.2. The Morgan fingerprint density at radius 3 is 1.29 bits per heavy atom. The van der Waals surface area contributed by atoms with E-state index in [-0.39, 0.29) is 11.0 Å². The molecule has 3 nitrogen and oxygen atoms in total. The van der Waals surface area contributed by atoms with Crippen molar-refractivity contribution >= 4 is 5.97 Å². The van der Waals surface area contributed by atoms with Crippen molar-refractivity contribution in [2.24, 2.45) is 0 Å². The number of carbonyl (C=O) groups is 1. The van der Waals surface area contributed by atoms with Crippen LogP contribution in [0.4, 0.5) is 0 Å². The molecule has 0 spiro atoms. The van der Waals surface area contributed by atoms with Crippen LogP contribution in [0.3, 0.4) is 0 Å². The van der Waals surface area contributed by atoms with E-state index in [0.29, 0.717) is 0 Å². The van der Waals surface area contributed by atoms with Crippen LogP contribution in [0.2, 0.25) is 0 Å². The Kier molecular flexibility index (Phi) is 12.6. The minimum absolute atomic E-state index is 0. The molecular formula is C14H20O3. The van der Waals surface area contributed by atoms with Crippen molar-refractivity contribution in [3.05, 3.63) is 60.8 Å². The van der Waals surface area contributed by atoms with Crippen molar-refractivity contribution in [2.75, 3.05) is 0 Å². The molecule has 0 aromatic heterocycles. The molecule has 3 N–H and O–H groups in total. The van der Waals surface area contributed by atoms with Gasteiger partial charge in [-0.25, -0.2) is 4.79 Å². The topological polar surface area (TPSA) is 68.8 Å². The molecule has 2 rings (SSSR count). The maximum Gasteiger partial charge on any atom is 0.330 e. The SMILES string of the molecule is C1=CCC=C1.C1=CCC=C1.C=C(C)C(=O)O.O. The zero-order valence-corrected chi connectivity index (χ0v) is 10.1. The Bertz CT molecular complexity index is 279. The molecule has 0 fully saturated rings. The van der Waals surface area contributed by atoms with Crippen LogP contribution in [0.15, 0.2) is 60.8 Å². The molecule has 0 bridgehead atoms. The first-order valence-corrected chi connectivity index (χ1v) is 5.16. The number of rotatable bonds is 1. The van der Waals surface area contributed by atoms with Gasteiger partial charge in [-0.2, -0.15) is 0 Å². The van der Waals surface area contributed by atoms with Crippen LogP contribution in [0.5, 0.6) is 0 Å². The molecule has 0 heterocycles. The van der Waals surface area contributed by atoms with Crippen LogP contribution in [-0.2, 0) is 4.79 Å². The number of carboxylic acids is 1. The third-order valence-electron chi connectivity index (χ3n) is 1.68. The van der Waals surface area contributed by atoms with E-state index in [0.717, 1.165) is 12.8 Å². The first kappa shape index (κ1) is 17.5. The molecule has 2 aliphatic carbocycles. The third-order valence-corrected chi connectivity index (χ3v) is 1.68. The van der Waals surface area contributed by atoms with E-state index >= 15 is 0 Å². The highest BCUT2D eigenvalue weighted by atomic mass is 16.4. The van der Waals surface area contributed by atoms with Crippen molar-refractivity contribution in [1.82, 2.24) is 0 Å². The Hall–Kier alpha value is -1.87. The third kappa shape index (κ3) is 14.1. The summed E-state index contributed by atoms with van der Waals surface area (Å²) >= 11 is 0. The van der Waals surface area contributed by atoms with Crippen molar-refractivity contribution in [2.45, 2.75) is 19.8 Å². The van der Waals surface area contributed by atoms with E-state index in [4.69, 9.17) is 5.11 Å². The van der Waals surface area contributed by atoms with Gasteiger partial charge in [0.25, 0.3) is 0 Å². The van der Waals surface area contributed by atoms with Gasteiger partial charge >= 0.3 is 5.97 Å². The fourth-order valence-electron chi connectivity index (χ4n) is 0.786. The van der Waals surface area contributed by atoms with Gasteiger partial charge in [-0.15, -0.1) is 0 Å². The van der Waals surface area contributed by atoms with E-state index in [1.807, 2.05) is 0 Å². The summed E-state index contributed by atoms with van der Waals surface area (Å²) in [5.41, 5.74) is 0.176. The van der Waals surface area contributed by atoms with Gasteiger partial charge in [-0.3, -0.25) is 0 Å². The lowest BCUT2D eigenvalue weighted by Gasteiger charge is -1.79. The first-order valence-electron chi connectivity index (χ1n) is 5.16. The van der Waals surface area contributed by atoms with E-state index in [1.165, 1.54) is 6.92 Å². The highest BCUT2D eigenvalue weighted by Gasteiger charge is 1.90. The average molecular weight is 236 g/mol. The fraction of sp³-hybridized carbons (Fsp3) is 0.214. The van der Waals surface area contributed by atoms with E-state index in [9.17, 15) is 4.79 Å². The molecule has 0 amide bonds. The highest BCUT2D eigenvalue weighted by molar-refractivity contribution is 5.84. The standard InChI is InChI=1S/2C5H6.C4H6O2.H2O/c2*1-2-4-5-3-1;1-3(2)4(5)6;/h2*1-4H,5H2;1H2,2H3,(H,5,6);1H2. The molecule has 0 aliphatic heterocycles. The van der Waals surface area contributed by atoms with Gasteiger partial charge in [-0.1, -0.05) is 55.2 Å². The molecule has 0 saturated heterocycles. The summed E-state index contributed by atoms with van der Waals surface area (Å²) in [6, 6.07) is 0. The van der Waals surface area contributed by atoms with Gasteiger partial charge in [0.05, 0.1) is 0 Å². The van der Waals surface area contributed by atoms with E-state index in [1.54, 1.807) is 0 Å². The lowest BCUT2D eigenvalue weighted by Crippen LogP contribution is -1.92. The second-order valence-electron chi connectivity index (χ2n) is 3.27. The summed E-state index contributed by atoms with van der Waals surface area (Å²) in [4.78, 5) is 9.60. The van der Waals surface area contributed by atoms with E-state index in [2.05, 4.69) is 55.2 Å². The number of allylic oxidation sites excluding steroid dienone is 8. The summed E-state index contributed by atoms with van der Waals surface area (Å²) in [5.74, 6) is -0.935. The zero-order chi connectivity index (χ0) is 12.2. The Morgan fingerprint density at radius 2 is 1.24 bits per heavy atom. The smallest absolute Gasteiger partial charge is 0.330 e. The van der Waals surface area contributed by atoms with Crippen LogP contribution >= 0.6 is 0 Å². The Morgan fingerprint density at radius 1 is 1.00 bits per heavy atom. The molecule has 0 radical (unpaired) electrons. The van der Waals surface area contributed by atoms with Crippen LogP contribution in [-0.4, -0.2) is 16.6 Å². The number of hydrogen-bond acceptors (Lipinski definition) is 1. The highest BCUT2D eigenvalue weighted by Crippen LogP contribution is 1.93. The minimum atomic E-state index is -0.935. The molecule has 3 heteroatoms. The maximum atomic E-state index is 9.60. The molecular weight excluding hydrogens is 216 g/mol.